The van der Waals surface area contributed by atoms with E-state index in [1.807, 2.05) is 6.08 Å². The quantitative estimate of drug-likeness (QED) is 0.613. The second kappa shape index (κ2) is 6.67. The van der Waals surface area contributed by atoms with Crippen molar-refractivity contribution in [1.29, 1.82) is 0 Å². The number of phenolic OH excluding ortho intramolecular Hbond substituents is 1. The number of ether oxygens (including phenoxy) is 1. The van der Waals surface area contributed by atoms with Gasteiger partial charge in [0.1, 0.15) is 17.9 Å². The molecule has 3 heteroatoms. The van der Waals surface area contributed by atoms with Crippen LogP contribution in [-0.2, 0) is 4.74 Å². The van der Waals surface area contributed by atoms with Gasteiger partial charge in [-0.3, -0.25) is 0 Å². The van der Waals surface area contributed by atoms with E-state index in [2.05, 4.69) is 6.92 Å². The third-order valence-corrected chi connectivity index (χ3v) is 2.06. The molecule has 0 aliphatic carbocycles. The number of allylic oxidation sites excluding steroid dienone is 1. The second-order valence-corrected chi connectivity index (χ2v) is 3.38. The summed E-state index contributed by atoms with van der Waals surface area (Å²) in [6, 6.07) is 6.34. The largest absolute Gasteiger partial charge is 0.507 e. The van der Waals surface area contributed by atoms with Gasteiger partial charge in [0.15, 0.2) is 0 Å². The van der Waals surface area contributed by atoms with Crippen LogP contribution in [0.2, 0.25) is 0 Å². The summed E-state index contributed by atoms with van der Waals surface area (Å²) in [7, 11) is 0. The van der Waals surface area contributed by atoms with Gasteiger partial charge in [0.2, 0.25) is 0 Å². The van der Waals surface area contributed by atoms with Crippen LogP contribution in [0, 0.1) is 0 Å². The van der Waals surface area contributed by atoms with Crippen LogP contribution >= 0.6 is 0 Å². The predicted molar refractivity (Wildman–Crippen MR) is 62.4 cm³/mol. The summed E-state index contributed by atoms with van der Waals surface area (Å²) in [5.41, 5.74) is 0.200. The Kier molecular flexibility index (Phi) is 5.12. The number of unbranched alkanes of at least 4 members (excludes halogenated alkanes) is 1. The maximum atomic E-state index is 11.5. The topological polar surface area (TPSA) is 46.5 Å². The zero-order valence-electron chi connectivity index (χ0n) is 9.35. The summed E-state index contributed by atoms with van der Waals surface area (Å²) in [6.45, 7) is 2.32. The molecule has 1 aromatic carbocycles. The van der Waals surface area contributed by atoms with Crippen LogP contribution in [-0.4, -0.2) is 17.7 Å². The van der Waals surface area contributed by atoms with Gasteiger partial charge in [-0.15, -0.1) is 0 Å². The first-order valence-electron chi connectivity index (χ1n) is 5.35. The zero-order valence-corrected chi connectivity index (χ0v) is 9.35. The van der Waals surface area contributed by atoms with Crippen LogP contribution in [0.1, 0.15) is 30.1 Å². The Bertz CT molecular complexity index is 369. The second-order valence-electron chi connectivity index (χ2n) is 3.38. The minimum atomic E-state index is -0.501. The molecule has 3 nitrogen and oxygen atoms in total. The van der Waals surface area contributed by atoms with Gasteiger partial charge in [0.25, 0.3) is 0 Å². The van der Waals surface area contributed by atoms with Crippen molar-refractivity contribution in [3.8, 4) is 5.75 Å². The zero-order chi connectivity index (χ0) is 11.8. The number of benzene rings is 1. The molecule has 86 valence electrons. The van der Waals surface area contributed by atoms with Crippen molar-refractivity contribution in [2.75, 3.05) is 6.61 Å². The van der Waals surface area contributed by atoms with E-state index in [0.717, 1.165) is 12.8 Å². The lowest BCUT2D eigenvalue weighted by molar-refractivity contribution is 0.0546. The highest BCUT2D eigenvalue weighted by Gasteiger charge is 2.10. The molecule has 0 aliphatic heterocycles. The van der Waals surface area contributed by atoms with Gasteiger partial charge in [0.05, 0.1) is 0 Å². The first kappa shape index (κ1) is 12.3. The molecule has 1 aromatic rings. The number of rotatable bonds is 5. The van der Waals surface area contributed by atoms with Crippen molar-refractivity contribution in [2.24, 2.45) is 0 Å². The number of hydrogen-bond acceptors (Lipinski definition) is 3. The highest BCUT2D eigenvalue weighted by molar-refractivity contribution is 5.92. The lowest BCUT2D eigenvalue weighted by atomic mass is 10.2. The van der Waals surface area contributed by atoms with Gasteiger partial charge < -0.3 is 9.84 Å². The molecule has 0 aliphatic rings. The minimum Gasteiger partial charge on any atom is -0.507 e. The summed E-state index contributed by atoms with van der Waals surface area (Å²) in [5, 5.41) is 9.40. The van der Waals surface area contributed by atoms with Crippen LogP contribution in [0.5, 0.6) is 5.75 Å². The fourth-order valence-electron chi connectivity index (χ4n) is 1.20. The Morgan fingerprint density at radius 1 is 1.38 bits per heavy atom. The van der Waals surface area contributed by atoms with Crippen molar-refractivity contribution in [3.63, 3.8) is 0 Å². The highest BCUT2D eigenvalue weighted by Crippen LogP contribution is 2.16. The van der Waals surface area contributed by atoms with E-state index in [9.17, 15) is 9.90 Å². The molecule has 0 unspecified atom stereocenters. The molecule has 1 N–H and O–H groups in total. The number of hydrogen-bond donors (Lipinski definition) is 1. The number of carbonyl (C=O) groups is 1. The van der Waals surface area contributed by atoms with Crippen molar-refractivity contribution in [2.45, 2.75) is 19.8 Å². The van der Waals surface area contributed by atoms with E-state index in [-0.39, 0.29) is 17.9 Å². The molecule has 0 heterocycles. The van der Waals surface area contributed by atoms with E-state index in [0.29, 0.717) is 0 Å². The van der Waals surface area contributed by atoms with Crippen LogP contribution in [0.4, 0.5) is 0 Å². The molecule has 0 fully saturated rings. The average Bonchev–Trinajstić information content (AvgIpc) is 2.29. The molecule has 0 radical (unpaired) electrons. The smallest absolute Gasteiger partial charge is 0.342 e. The van der Waals surface area contributed by atoms with Gasteiger partial charge in [-0.2, -0.15) is 0 Å². The third-order valence-electron chi connectivity index (χ3n) is 2.06. The number of esters is 1. The lowest BCUT2D eigenvalue weighted by Crippen LogP contribution is -2.05. The van der Waals surface area contributed by atoms with Crippen LogP contribution < -0.4 is 0 Å². The minimum absolute atomic E-state index is 0.0509. The summed E-state index contributed by atoms with van der Waals surface area (Å²) < 4.78 is 4.97. The SMILES string of the molecule is CCCC=CCOC(=O)c1ccccc1O. The molecule has 0 aromatic heterocycles. The number of aromatic hydroxyl groups is 1. The molecule has 0 saturated carbocycles. The van der Waals surface area contributed by atoms with Gasteiger partial charge >= 0.3 is 5.97 Å². The van der Waals surface area contributed by atoms with E-state index >= 15 is 0 Å². The van der Waals surface area contributed by atoms with Gasteiger partial charge in [-0.1, -0.05) is 37.6 Å². The summed E-state index contributed by atoms with van der Waals surface area (Å²) in [5.74, 6) is -0.552. The molecule has 0 spiro atoms. The van der Waals surface area contributed by atoms with Gasteiger partial charge in [-0.05, 0) is 18.6 Å². The van der Waals surface area contributed by atoms with E-state index in [1.54, 1.807) is 18.2 Å². The molecular formula is C13H16O3. The standard InChI is InChI=1S/C13H16O3/c1-2-3-4-7-10-16-13(15)11-8-5-6-9-12(11)14/h4-9,14H,2-3,10H2,1H3. The fourth-order valence-corrected chi connectivity index (χ4v) is 1.20. The number of para-hydroxylation sites is 1. The first-order valence-corrected chi connectivity index (χ1v) is 5.35. The van der Waals surface area contributed by atoms with Gasteiger partial charge in [-0.25, -0.2) is 4.79 Å². The van der Waals surface area contributed by atoms with Crippen LogP contribution in [0.15, 0.2) is 36.4 Å². The van der Waals surface area contributed by atoms with Crippen molar-refractivity contribution in [1.82, 2.24) is 0 Å². The Morgan fingerprint density at radius 3 is 2.81 bits per heavy atom. The van der Waals surface area contributed by atoms with Gasteiger partial charge in [0, 0.05) is 0 Å². The highest BCUT2D eigenvalue weighted by atomic mass is 16.5. The number of phenols is 1. The average molecular weight is 220 g/mol. The summed E-state index contributed by atoms with van der Waals surface area (Å²) >= 11 is 0. The fraction of sp³-hybridized carbons (Fsp3) is 0.308. The predicted octanol–water partition coefficient (Wildman–Crippen LogP) is 2.91. The maximum Gasteiger partial charge on any atom is 0.342 e. The molecule has 0 bridgehead atoms. The van der Waals surface area contributed by atoms with E-state index in [4.69, 9.17) is 4.74 Å². The molecule has 0 atom stereocenters. The van der Waals surface area contributed by atoms with Crippen molar-refractivity contribution >= 4 is 5.97 Å². The molecule has 0 amide bonds. The number of carbonyl (C=O) groups excluding carboxylic acids is 1. The van der Waals surface area contributed by atoms with Crippen LogP contribution in [0.3, 0.4) is 0 Å². The van der Waals surface area contributed by atoms with Crippen LogP contribution in [0.25, 0.3) is 0 Å². The molecule has 1 rings (SSSR count). The maximum absolute atomic E-state index is 11.5. The molecule has 16 heavy (non-hydrogen) atoms. The first-order chi connectivity index (χ1) is 7.75. The third kappa shape index (κ3) is 3.77. The van der Waals surface area contributed by atoms with E-state index in [1.165, 1.54) is 12.1 Å². The van der Waals surface area contributed by atoms with Crippen molar-refractivity contribution < 1.29 is 14.6 Å². The molecular weight excluding hydrogens is 204 g/mol. The summed E-state index contributed by atoms with van der Waals surface area (Å²) in [4.78, 5) is 11.5. The lowest BCUT2D eigenvalue weighted by Gasteiger charge is -2.03. The normalized spacial score (nSPS) is 10.6. The Morgan fingerprint density at radius 2 is 2.12 bits per heavy atom. The Labute approximate surface area is 95.4 Å². The monoisotopic (exact) mass is 220 g/mol. The Hall–Kier alpha value is -1.77. The van der Waals surface area contributed by atoms with Crippen molar-refractivity contribution in [3.05, 3.63) is 42.0 Å². The Balaban J connectivity index is 2.44. The summed E-state index contributed by atoms with van der Waals surface area (Å²) in [6.07, 6.45) is 5.83. The van der Waals surface area contributed by atoms with E-state index < -0.39 is 5.97 Å². The molecule has 0 saturated heterocycles.